The summed E-state index contributed by atoms with van der Waals surface area (Å²) >= 11 is 6.16. The van der Waals surface area contributed by atoms with Gasteiger partial charge < -0.3 is 10.2 Å². The molecule has 0 bridgehead atoms. The fraction of sp³-hybridized carbons (Fsp3) is 0.381. The van der Waals surface area contributed by atoms with E-state index in [4.69, 9.17) is 11.6 Å². The first-order valence-corrected chi connectivity index (χ1v) is 9.83. The highest BCUT2D eigenvalue weighted by molar-refractivity contribution is 6.31. The molecule has 0 spiro atoms. The van der Waals surface area contributed by atoms with E-state index in [0.29, 0.717) is 30.1 Å². The Morgan fingerprint density at radius 1 is 1.29 bits per heavy atom. The number of nitrogens with one attached hydrogen (secondary N) is 1. The molecular weight excluding hydrogens is 376 g/mol. The Morgan fingerprint density at radius 2 is 2.04 bits per heavy atom. The van der Waals surface area contributed by atoms with Gasteiger partial charge in [0.05, 0.1) is 35.3 Å². The van der Waals surface area contributed by atoms with Gasteiger partial charge in [0.25, 0.3) is 5.91 Å². The van der Waals surface area contributed by atoms with Crippen LogP contribution in [0.1, 0.15) is 43.1 Å². The average Bonchev–Trinajstić information content (AvgIpc) is 2.83. The van der Waals surface area contributed by atoms with Crippen molar-refractivity contribution >= 4 is 34.8 Å². The van der Waals surface area contributed by atoms with Crippen LogP contribution in [0.4, 0.5) is 11.4 Å². The average molecular weight is 399 g/mol. The minimum Gasteiger partial charge on any atom is -0.377 e. The van der Waals surface area contributed by atoms with Gasteiger partial charge in [-0.25, -0.2) is 0 Å². The highest BCUT2D eigenvalue weighted by Crippen LogP contribution is 2.43. The van der Waals surface area contributed by atoms with E-state index in [1.165, 1.54) is 0 Å². The SMILES string of the molecule is CCC(=O)N1CC(Nc2cncc(N3C(=O)c4ccc(Cl)cc4C3(C)C)c2)C1. The maximum absolute atomic E-state index is 13.1. The molecule has 0 saturated carbocycles. The van der Waals surface area contributed by atoms with E-state index in [2.05, 4.69) is 10.3 Å². The predicted octanol–water partition coefficient (Wildman–Crippen LogP) is 3.66. The number of fused-ring (bicyclic) bond motifs is 1. The van der Waals surface area contributed by atoms with Crippen LogP contribution in [-0.4, -0.2) is 40.8 Å². The van der Waals surface area contributed by atoms with E-state index in [9.17, 15) is 9.59 Å². The predicted molar refractivity (Wildman–Crippen MR) is 110 cm³/mol. The third-order valence-corrected chi connectivity index (χ3v) is 5.76. The summed E-state index contributed by atoms with van der Waals surface area (Å²) in [5.41, 5.74) is 2.62. The minimum atomic E-state index is -0.529. The molecule has 2 aliphatic rings. The number of hydrogen-bond donors (Lipinski definition) is 1. The van der Waals surface area contributed by atoms with Crippen molar-refractivity contribution in [1.29, 1.82) is 0 Å². The van der Waals surface area contributed by atoms with Crippen molar-refractivity contribution < 1.29 is 9.59 Å². The number of hydrogen-bond acceptors (Lipinski definition) is 4. The number of benzene rings is 1. The molecule has 7 heteroatoms. The molecule has 0 aliphatic carbocycles. The molecule has 3 heterocycles. The number of carbonyl (C=O) groups excluding carboxylic acids is 2. The number of likely N-dealkylation sites (tertiary alicyclic amines) is 1. The number of amides is 2. The van der Waals surface area contributed by atoms with Crippen molar-refractivity contribution in [2.45, 2.75) is 38.8 Å². The fourth-order valence-electron chi connectivity index (χ4n) is 4.01. The first-order chi connectivity index (χ1) is 13.3. The van der Waals surface area contributed by atoms with Crippen LogP contribution < -0.4 is 10.2 Å². The highest BCUT2D eigenvalue weighted by Gasteiger charge is 2.44. The zero-order valence-corrected chi connectivity index (χ0v) is 17.0. The zero-order valence-electron chi connectivity index (χ0n) is 16.2. The Morgan fingerprint density at radius 3 is 2.75 bits per heavy atom. The van der Waals surface area contributed by atoms with E-state index in [1.54, 1.807) is 29.4 Å². The quantitative estimate of drug-likeness (QED) is 0.853. The summed E-state index contributed by atoms with van der Waals surface area (Å²) in [6.45, 7) is 7.26. The molecule has 0 atom stereocenters. The van der Waals surface area contributed by atoms with Gasteiger partial charge in [0.1, 0.15) is 0 Å². The summed E-state index contributed by atoms with van der Waals surface area (Å²) in [7, 11) is 0. The lowest BCUT2D eigenvalue weighted by molar-refractivity contribution is -0.134. The van der Waals surface area contributed by atoms with Crippen LogP contribution in [0, 0.1) is 0 Å². The Kier molecular flexibility index (Phi) is 4.54. The Labute approximate surface area is 169 Å². The fourth-order valence-corrected chi connectivity index (χ4v) is 4.18. The molecule has 6 nitrogen and oxygen atoms in total. The standard InChI is InChI=1S/C21H23ClN4O2/c1-4-19(27)25-11-15(12-25)24-14-8-16(10-23-9-14)26-20(28)17-6-5-13(22)7-18(17)21(26,2)3/h5-10,15,24H,4,11-12H2,1-3H3. The number of halogens is 1. The monoisotopic (exact) mass is 398 g/mol. The Hall–Kier alpha value is -2.60. The van der Waals surface area contributed by atoms with Gasteiger partial charge in [-0.15, -0.1) is 0 Å². The second kappa shape index (κ2) is 6.78. The first kappa shape index (κ1) is 18.7. The van der Waals surface area contributed by atoms with Crippen LogP contribution in [0.5, 0.6) is 0 Å². The van der Waals surface area contributed by atoms with Gasteiger partial charge in [-0.3, -0.25) is 19.5 Å². The number of anilines is 2. The van der Waals surface area contributed by atoms with Gasteiger partial charge in [-0.05, 0) is 43.7 Å². The minimum absolute atomic E-state index is 0.0565. The van der Waals surface area contributed by atoms with Crippen molar-refractivity contribution in [2.24, 2.45) is 0 Å². The summed E-state index contributed by atoms with van der Waals surface area (Å²) in [5, 5.41) is 4.02. The Balaban J connectivity index is 1.55. The van der Waals surface area contributed by atoms with Crippen LogP contribution in [-0.2, 0) is 10.3 Å². The summed E-state index contributed by atoms with van der Waals surface area (Å²) in [4.78, 5) is 32.7. The summed E-state index contributed by atoms with van der Waals surface area (Å²) in [5.74, 6) is 0.116. The lowest BCUT2D eigenvalue weighted by atomic mass is 9.93. The van der Waals surface area contributed by atoms with Crippen molar-refractivity contribution in [3.05, 3.63) is 52.8 Å². The van der Waals surface area contributed by atoms with Crippen LogP contribution >= 0.6 is 11.6 Å². The zero-order chi connectivity index (χ0) is 20.1. The molecule has 0 radical (unpaired) electrons. The van der Waals surface area contributed by atoms with Gasteiger partial charge >= 0.3 is 0 Å². The molecule has 1 saturated heterocycles. The third kappa shape index (κ3) is 3.02. The van der Waals surface area contributed by atoms with Gasteiger partial charge in [-0.1, -0.05) is 18.5 Å². The van der Waals surface area contributed by atoms with Crippen molar-refractivity contribution in [3.8, 4) is 0 Å². The van der Waals surface area contributed by atoms with Crippen LogP contribution in [0.15, 0.2) is 36.7 Å². The number of carbonyl (C=O) groups is 2. The van der Waals surface area contributed by atoms with Crippen molar-refractivity contribution in [3.63, 3.8) is 0 Å². The van der Waals surface area contributed by atoms with Gasteiger partial charge in [0, 0.05) is 30.1 Å². The lowest BCUT2D eigenvalue weighted by Gasteiger charge is -2.40. The van der Waals surface area contributed by atoms with Crippen LogP contribution in [0.3, 0.4) is 0 Å². The topological polar surface area (TPSA) is 65.5 Å². The van der Waals surface area contributed by atoms with E-state index < -0.39 is 5.54 Å². The van der Waals surface area contributed by atoms with Gasteiger partial charge in [0.2, 0.25) is 5.91 Å². The molecule has 2 amide bonds. The van der Waals surface area contributed by atoms with Crippen molar-refractivity contribution in [1.82, 2.24) is 9.88 Å². The van der Waals surface area contributed by atoms with E-state index >= 15 is 0 Å². The van der Waals surface area contributed by atoms with Gasteiger partial charge in [0.15, 0.2) is 0 Å². The molecule has 1 aromatic heterocycles. The van der Waals surface area contributed by atoms with Crippen LogP contribution in [0.2, 0.25) is 5.02 Å². The second-order valence-electron chi connectivity index (χ2n) is 7.81. The van der Waals surface area contributed by atoms with Crippen LogP contribution in [0.25, 0.3) is 0 Å². The second-order valence-corrected chi connectivity index (χ2v) is 8.25. The summed E-state index contributed by atoms with van der Waals surface area (Å²) in [6.07, 6.45) is 3.97. The molecule has 28 heavy (non-hydrogen) atoms. The van der Waals surface area contributed by atoms with E-state index in [0.717, 1.165) is 16.9 Å². The molecular formula is C21H23ClN4O2. The number of pyridine rings is 1. The normalized spacial score (nSPS) is 18.1. The largest absolute Gasteiger partial charge is 0.377 e. The molecule has 2 aromatic rings. The maximum atomic E-state index is 13.1. The maximum Gasteiger partial charge on any atom is 0.259 e. The molecule has 2 aliphatic heterocycles. The summed E-state index contributed by atoms with van der Waals surface area (Å²) < 4.78 is 0. The van der Waals surface area contributed by atoms with E-state index in [1.807, 2.05) is 37.8 Å². The molecule has 0 unspecified atom stereocenters. The number of nitrogens with zero attached hydrogens (tertiary/aromatic N) is 3. The number of aromatic nitrogens is 1. The molecule has 1 aromatic carbocycles. The highest BCUT2D eigenvalue weighted by atomic mass is 35.5. The smallest absolute Gasteiger partial charge is 0.259 e. The number of rotatable bonds is 4. The molecule has 4 rings (SSSR count). The molecule has 1 N–H and O–H groups in total. The third-order valence-electron chi connectivity index (χ3n) is 5.52. The lowest BCUT2D eigenvalue weighted by Crippen LogP contribution is -2.56. The van der Waals surface area contributed by atoms with Crippen molar-refractivity contribution in [2.75, 3.05) is 23.3 Å². The van der Waals surface area contributed by atoms with E-state index in [-0.39, 0.29) is 17.9 Å². The summed E-state index contributed by atoms with van der Waals surface area (Å²) in [6, 6.07) is 7.52. The Bertz CT molecular complexity index is 953. The molecule has 146 valence electrons. The molecule has 1 fully saturated rings. The van der Waals surface area contributed by atoms with Gasteiger partial charge in [-0.2, -0.15) is 0 Å². The first-order valence-electron chi connectivity index (χ1n) is 9.45.